The third-order valence-corrected chi connectivity index (χ3v) is 8.55. The highest BCUT2D eigenvalue weighted by Gasteiger charge is 2.50. The number of ether oxygens (including phenoxy) is 1. The molecule has 4 N–H and O–H groups in total. The number of benzene rings is 2. The number of nitrogens with one attached hydrogen (secondary N) is 4. The Balaban J connectivity index is 0.00000468. The van der Waals surface area contributed by atoms with Crippen molar-refractivity contribution in [3.8, 4) is 0 Å². The van der Waals surface area contributed by atoms with E-state index in [2.05, 4.69) is 31.2 Å². The molecule has 0 spiro atoms. The van der Waals surface area contributed by atoms with E-state index in [0.717, 1.165) is 11.1 Å². The molecule has 2 aromatic carbocycles. The molecule has 4 rings (SSSR count). The lowest BCUT2D eigenvalue weighted by Crippen LogP contribution is -2.58. The van der Waals surface area contributed by atoms with Crippen LogP contribution < -0.4 is 21.3 Å². The van der Waals surface area contributed by atoms with E-state index in [0.29, 0.717) is 25.9 Å². The van der Waals surface area contributed by atoms with Gasteiger partial charge in [0, 0.05) is 23.1 Å². The Morgan fingerprint density at radius 1 is 0.780 bits per heavy atom. The summed E-state index contributed by atoms with van der Waals surface area (Å²) < 4.78 is 5.39. The minimum atomic E-state index is -1.04. The van der Waals surface area contributed by atoms with Crippen molar-refractivity contribution in [3.05, 3.63) is 96.1 Å². The first-order chi connectivity index (χ1) is 24.0. The van der Waals surface area contributed by atoms with Crippen molar-refractivity contribution < 1.29 is 33.0 Å². The van der Waals surface area contributed by atoms with Gasteiger partial charge in [0.15, 0.2) is 5.78 Å². The Kier molecular flexibility index (Phi) is 13.7. The summed E-state index contributed by atoms with van der Waals surface area (Å²) in [7, 11) is 0. The van der Waals surface area contributed by atoms with Gasteiger partial charge in [-0.1, -0.05) is 87.9 Å². The number of Topliss-reactive ketones (excluding diaryl/α,β-unsaturated/α-hetero) is 1. The van der Waals surface area contributed by atoms with Gasteiger partial charge in [-0.2, -0.15) is 0 Å². The van der Waals surface area contributed by atoms with Gasteiger partial charge in [-0.15, -0.1) is 0 Å². The second-order valence-electron chi connectivity index (χ2n) is 13.3. The quantitative estimate of drug-likeness (QED) is 0.137. The van der Waals surface area contributed by atoms with Crippen LogP contribution in [-0.4, -0.2) is 75.8 Å². The number of amides is 4. The molecule has 272 valence electrons. The minimum absolute atomic E-state index is 0. The average molecular weight is 691 g/mol. The predicted molar refractivity (Wildman–Crippen MR) is 194 cm³/mol. The number of hydrogen-bond acceptors (Lipinski definition) is 8. The third-order valence-electron chi connectivity index (χ3n) is 8.55. The van der Waals surface area contributed by atoms with Gasteiger partial charge in [0.25, 0.3) is 5.91 Å². The van der Waals surface area contributed by atoms with Crippen LogP contribution >= 0.6 is 0 Å². The van der Waals surface area contributed by atoms with Crippen molar-refractivity contribution in [1.82, 2.24) is 31.2 Å². The number of nitrogens with zero attached hydrogens (tertiary/aromatic N) is 2. The van der Waals surface area contributed by atoms with E-state index in [9.17, 15) is 24.0 Å². The number of hydrogen-bond donors (Lipinski definition) is 4. The maximum absolute atomic E-state index is 13.9. The summed E-state index contributed by atoms with van der Waals surface area (Å²) in [6.45, 7) is 7.81. The third kappa shape index (κ3) is 11.3. The van der Waals surface area contributed by atoms with E-state index < -0.39 is 53.4 Å². The minimum Gasteiger partial charge on any atom is -0.361 e. The van der Waals surface area contributed by atoms with Gasteiger partial charge in [0.05, 0.1) is 18.8 Å². The SMILES string of the molecule is CCCC(NC(=O)C(CCc1ccccc1)NC(=O)c1cnccn1)C(=O)NC(Cc1ccccc1)C(=O)NC(CC(C)C)C(=O)C1(C)CO1.[HH].[HH].[HH]. The van der Waals surface area contributed by atoms with Crippen molar-refractivity contribution in [3.63, 3.8) is 0 Å². The predicted octanol–water partition coefficient (Wildman–Crippen LogP) is 3.85. The summed E-state index contributed by atoms with van der Waals surface area (Å²) in [5.41, 5.74) is 0.911. The molecule has 1 aromatic heterocycles. The van der Waals surface area contributed by atoms with Crippen LogP contribution in [0.15, 0.2) is 79.3 Å². The topological polar surface area (TPSA) is 172 Å². The van der Waals surface area contributed by atoms with Crippen molar-refractivity contribution >= 4 is 29.4 Å². The van der Waals surface area contributed by atoms with Crippen LogP contribution in [0.1, 0.15) is 79.3 Å². The molecule has 0 radical (unpaired) electrons. The van der Waals surface area contributed by atoms with E-state index in [4.69, 9.17) is 4.74 Å². The largest absolute Gasteiger partial charge is 0.361 e. The highest BCUT2D eigenvalue weighted by molar-refractivity contribution is 5.99. The van der Waals surface area contributed by atoms with E-state index in [1.54, 1.807) is 6.92 Å². The smallest absolute Gasteiger partial charge is 0.272 e. The van der Waals surface area contributed by atoms with Gasteiger partial charge >= 0.3 is 0 Å². The first kappa shape index (κ1) is 37.8. The van der Waals surface area contributed by atoms with Crippen LogP contribution in [0.5, 0.6) is 0 Å². The molecule has 0 saturated carbocycles. The van der Waals surface area contributed by atoms with Crippen LogP contribution in [0.2, 0.25) is 0 Å². The lowest BCUT2D eigenvalue weighted by atomic mass is 9.93. The number of carbonyl (C=O) groups excluding carboxylic acids is 5. The van der Waals surface area contributed by atoms with Crippen LogP contribution in [0.25, 0.3) is 0 Å². The second-order valence-corrected chi connectivity index (χ2v) is 13.3. The Bertz CT molecular complexity index is 1600. The molecule has 1 aliphatic heterocycles. The molecular weight excluding hydrogens is 636 g/mol. The molecule has 50 heavy (non-hydrogen) atoms. The Labute approximate surface area is 298 Å². The van der Waals surface area contributed by atoms with Gasteiger partial charge in [-0.3, -0.25) is 29.0 Å². The molecule has 12 heteroatoms. The average Bonchev–Trinajstić information content (AvgIpc) is 3.87. The van der Waals surface area contributed by atoms with Crippen molar-refractivity contribution in [2.24, 2.45) is 5.92 Å². The number of carbonyl (C=O) groups is 5. The summed E-state index contributed by atoms with van der Waals surface area (Å²) in [5.74, 6) is -2.27. The molecule has 4 amide bonds. The number of epoxide rings is 1. The van der Waals surface area contributed by atoms with Crippen LogP contribution in [0.4, 0.5) is 0 Å². The number of aryl methyl sites for hydroxylation is 1. The molecule has 3 aromatic rings. The van der Waals surface area contributed by atoms with Crippen molar-refractivity contribution in [1.29, 1.82) is 0 Å². The normalized spacial score (nSPS) is 17.5. The zero-order chi connectivity index (χ0) is 36.1. The van der Waals surface area contributed by atoms with E-state index in [1.807, 2.05) is 81.4 Å². The Morgan fingerprint density at radius 3 is 1.90 bits per heavy atom. The molecule has 5 atom stereocenters. The number of aromatic nitrogens is 2. The Hall–Kier alpha value is -4.97. The summed E-state index contributed by atoms with van der Waals surface area (Å²) in [6, 6.07) is 15.0. The standard InChI is InChI=1S/C38H48N6O6.3H2/c1-5-12-28(41-35(47)29(18-17-26-13-8-6-9-14-26)42-37(49)32-23-39-19-20-40-32)34(46)44-31(22-27-15-10-7-11-16-27)36(48)43-30(21-25(2)3)33(45)38(4)24-50-38;;;/h6-11,13-16,19-20,23,25,28-31H,5,12,17-18,21-22,24H2,1-4H3,(H,41,47)(H,42,49)(H,43,48)(H,44,46);3*1H. The maximum atomic E-state index is 13.9. The van der Waals surface area contributed by atoms with Crippen LogP contribution in [0, 0.1) is 5.92 Å². The van der Waals surface area contributed by atoms with Gasteiger partial charge < -0.3 is 26.0 Å². The fourth-order valence-corrected chi connectivity index (χ4v) is 5.63. The second kappa shape index (κ2) is 18.1. The molecule has 0 bridgehead atoms. The van der Waals surface area contributed by atoms with Crippen molar-refractivity contribution in [2.45, 2.75) is 96.0 Å². The molecular formula is C38H54N6O6. The van der Waals surface area contributed by atoms with Gasteiger partial charge in [0.2, 0.25) is 17.7 Å². The van der Waals surface area contributed by atoms with E-state index >= 15 is 0 Å². The number of ketones is 1. The monoisotopic (exact) mass is 690 g/mol. The van der Waals surface area contributed by atoms with Crippen LogP contribution in [0.3, 0.4) is 0 Å². The van der Waals surface area contributed by atoms with Gasteiger partial charge in [-0.05, 0) is 49.7 Å². The first-order valence-corrected chi connectivity index (χ1v) is 17.2. The lowest BCUT2D eigenvalue weighted by Gasteiger charge is -2.27. The fourth-order valence-electron chi connectivity index (χ4n) is 5.63. The van der Waals surface area contributed by atoms with Gasteiger partial charge in [-0.25, -0.2) is 4.98 Å². The Morgan fingerprint density at radius 2 is 1.34 bits per heavy atom. The van der Waals surface area contributed by atoms with E-state index in [1.165, 1.54) is 18.6 Å². The molecule has 0 aliphatic carbocycles. The highest BCUT2D eigenvalue weighted by atomic mass is 16.6. The molecule has 5 unspecified atom stereocenters. The molecule has 1 aliphatic rings. The lowest BCUT2D eigenvalue weighted by molar-refractivity contribution is -0.134. The summed E-state index contributed by atoms with van der Waals surface area (Å²) in [6.07, 6.45) is 6.30. The zero-order valence-corrected chi connectivity index (χ0v) is 29.2. The highest BCUT2D eigenvalue weighted by Crippen LogP contribution is 2.29. The first-order valence-electron chi connectivity index (χ1n) is 17.2. The molecule has 2 heterocycles. The van der Waals surface area contributed by atoms with E-state index in [-0.39, 0.29) is 40.9 Å². The number of rotatable bonds is 19. The maximum Gasteiger partial charge on any atom is 0.272 e. The molecule has 12 nitrogen and oxygen atoms in total. The summed E-state index contributed by atoms with van der Waals surface area (Å²) in [4.78, 5) is 75.8. The van der Waals surface area contributed by atoms with Crippen LogP contribution in [-0.2, 0) is 36.8 Å². The molecule has 1 saturated heterocycles. The van der Waals surface area contributed by atoms with Gasteiger partial charge in [0.1, 0.15) is 29.4 Å². The zero-order valence-electron chi connectivity index (χ0n) is 29.2. The van der Waals surface area contributed by atoms with Crippen molar-refractivity contribution in [2.75, 3.05) is 6.61 Å². The summed E-state index contributed by atoms with van der Waals surface area (Å²) in [5, 5.41) is 11.3. The summed E-state index contributed by atoms with van der Waals surface area (Å²) >= 11 is 0. The fraction of sp³-hybridized carbons (Fsp3) is 0.447. The molecule has 1 fully saturated rings.